The first-order chi connectivity index (χ1) is 9.40. The van der Waals surface area contributed by atoms with Gasteiger partial charge in [-0.15, -0.1) is 0 Å². The van der Waals surface area contributed by atoms with Crippen molar-refractivity contribution >= 4 is 27.7 Å². The molecule has 2 rings (SSSR count). The SMILES string of the molecule is C=C(CNC(C)C)CN1C(=O)c2ccc(Br)cc2C1=O. The Morgan fingerprint density at radius 1 is 1.30 bits per heavy atom. The Bertz CT molecular complexity index is 581. The van der Waals surface area contributed by atoms with Crippen molar-refractivity contribution in [2.24, 2.45) is 0 Å². The van der Waals surface area contributed by atoms with Crippen molar-refractivity contribution in [3.05, 3.63) is 46.0 Å². The van der Waals surface area contributed by atoms with E-state index in [1.165, 1.54) is 4.90 Å². The van der Waals surface area contributed by atoms with Crippen LogP contribution in [0.4, 0.5) is 0 Å². The van der Waals surface area contributed by atoms with Crippen molar-refractivity contribution in [3.8, 4) is 0 Å². The highest BCUT2D eigenvalue weighted by Crippen LogP contribution is 2.26. The Balaban J connectivity index is 2.11. The van der Waals surface area contributed by atoms with E-state index in [4.69, 9.17) is 0 Å². The number of carbonyl (C=O) groups is 2. The molecule has 1 aromatic carbocycles. The molecule has 0 spiro atoms. The number of hydrogen-bond acceptors (Lipinski definition) is 3. The Kier molecular flexibility index (Phi) is 4.40. The zero-order valence-corrected chi connectivity index (χ0v) is 13.2. The molecule has 1 N–H and O–H groups in total. The summed E-state index contributed by atoms with van der Waals surface area (Å²) in [5.74, 6) is -0.500. The van der Waals surface area contributed by atoms with Crippen molar-refractivity contribution < 1.29 is 9.59 Å². The number of carbonyl (C=O) groups excluding carboxylic acids is 2. The Labute approximate surface area is 127 Å². The topological polar surface area (TPSA) is 49.4 Å². The van der Waals surface area contributed by atoms with Gasteiger partial charge in [0.1, 0.15) is 0 Å². The molecule has 0 fully saturated rings. The lowest BCUT2D eigenvalue weighted by Gasteiger charge is -2.17. The molecule has 0 aromatic heterocycles. The van der Waals surface area contributed by atoms with Crippen LogP contribution in [0.2, 0.25) is 0 Å². The average Bonchev–Trinajstić information content (AvgIpc) is 2.61. The van der Waals surface area contributed by atoms with Gasteiger partial charge >= 0.3 is 0 Å². The van der Waals surface area contributed by atoms with Crippen LogP contribution in [-0.4, -0.2) is 35.8 Å². The van der Waals surface area contributed by atoms with Crippen LogP contribution in [0.1, 0.15) is 34.6 Å². The first-order valence-corrected chi connectivity index (χ1v) is 7.25. The number of hydrogen-bond donors (Lipinski definition) is 1. The molecule has 0 saturated heterocycles. The van der Waals surface area contributed by atoms with Crippen LogP contribution in [0.15, 0.2) is 34.8 Å². The van der Waals surface area contributed by atoms with Gasteiger partial charge in [0, 0.05) is 17.1 Å². The summed E-state index contributed by atoms with van der Waals surface area (Å²) in [4.78, 5) is 25.7. The number of fused-ring (bicyclic) bond motifs is 1. The highest BCUT2D eigenvalue weighted by molar-refractivity contribution is 9.10. The summed E-state index contributed by atoms with van der Waals surface area (Å²) in [5.41, 5.74) is 1.73. The molecule has 4 nitrogen and oxygen atoms in total. The molecule has 106 valence electrons. The second-order valence-electron chi connectivity index (χ2n) is 5.17. The maximum Gasteiger partial charge on any atom is 0.261 e. The molecule has 0 saturated carbocycles. The van der Waals surface area contributed by atoms with Crippen LogP contribution in [0.5, 0.6) is 0 Å². The number of benzene rings is 1. The standard InChI is InChI=1S/C15H17BrN2O2/c1-9(2)17-7-10(3)8-18-14(19)12-5-4-11(16)6-13(12)15(18)20/h4-6,9,17H,3,7-8H2,1-2H3. The fourth-order valence-electron chi connectivity index (χ4n) is 2.03. The molecule has 0 aliphatic carbocycles. The van der Waals surface area contributed by atoms with E-state index < -0.39 is 0 Å². The van der Waals surface area contributed by atoms with Crippen LogP contribution in [-0.2, 0) is 0 Å². The number of imide groups is 1. The lowest BCUT2D eigenvalue weighted by Crippen LogP contribution is -2.35. The number of nitrogens with one attached hydrogen (secondary N) is 1. The van der Waals surface area contributed by atoms with Crippen LogP contribution in [0, 0.1) is 0 Å². The first-order valence-electron chi connectivity index (χ1n) is 6.46. The van der Waals surface area contributed by atoms with Gasteiger partial charge in [-0.1, -0.05) is 36.4 Å². The summed E-state index contributed by atoms with van der Waals surface area (Å²) in [6.07, 6.45) is 0. The maximum absolute atomic E-state index is 12.3. The fraction of sp³-hybridized carbons (Fsp3) is 0.333. The van der Waals surface area contributed by atoms with Crippen molar-refractivity contribution in [2.75, 3.05) is 13.1 Å². The van der Waals surface area contributed by atoms with Gasteiger partial charge in [-0.2, -0.15) is 0 Å². The quantitative estimate of drug-likeness (QED) is 0.664. The molecular formula is C15H17BrN2O2. The molecule has 5 heteroatoms. The van der Waals surface area contributed by atoms with Crippen molar-refractivity contribution in [2.45, 2.75) is 19.9 Å². The number of rotatable bonds is 5. The molecule has 0 unspecified atom stereocenters. The van der Waals surface area contributed by atoms with Crippen molar-refractivity contribution in [3.63, 3.8) is 0 Å². The van der Waals surface area contributed by atoms with Crippen LogP contribution < -0.4 is 5.32 Å². The molecule has 20 heavy (non-hydrogen) atoms. The van der Waals surface area contributed by atoms with E-state index in [0.717, 1.165) is 10.0 Å². The minimum absolute atomic E-state index is 0.247. The zero-order valence-electron chi connectivity index (χ0n) is 11.6. The van der Waals surface area contributed by atoms with Crippen molar-refractivity contribution in [1.29, 1.82) is 0 Å². The van der Waals surface area contributed by atoms with Gasteiger partial charge in [-0.05, 0) is 23.8 Å². The minimum Gasteiger partial charge on any atom is -0.311 e. The van der Waals surface area contributed by atoms with Crippen LogP contribution in [0.25, 0.3) is 0 Å². The Hall–Kier alpha value is -1.46. The van der Waals surface area contributed by atoms with E-state index in [9.17, 15) is 9.59 Å². The Morgan fingerprint density at radius 2 is 1.95 bits per heavy atom. The highest BCUT2D eigenvalue weighted by atomic mass is 79.9. The third-order valence-electron chi connectivity index (χ3n) is 3.07. The first kappa shape index (κ1) is 14.9. The molecular weight excluding hydrogens is 320 g/mol. The molecule has 0 radical (unpaired) electrons. The summed E-state index contributed by atoms with van der Waals surface area (Å²) in [7, 11) is 0. The number of amides is 2. The van der Waals surface area contributed by atoms with E-state index in [1.807, 2.05) is 13.8 Å². The second kappa shape index (κ2) is 5.89. The third kappa shape index (κ3) is 2.99. The predicted octanol–water partition coefficient (Wildman–Crippen LogP) is 2.60. The lowest BCUT2D eigenvalue weighted by atomic mass is 10.1. The van der Waals surface area contributed by atoms with Gasteiger partial charge in [0.15, 0.2) is 0 Å². The van der Waals surface area contributed by atoms with Gasteiger partial charge in [0.2, 0.25) is 0 Å². The van der Waals surface area contributed by atoms with Gasteiger partial charge in [-0.3, -0.25) is 14.5 Å². The van der Waals surface area contributed by atoms with Gasteiger partial charge in [0.25, 0.3) is 11.8 Å². The molecule has 1 aromatic rings. The highest BCUT2D eigenvalue weighted by Gasteiger charge is 2.35. The Morgan fingerprint density at radius 3 is 2.60 bits per heavy atom. The maximum atomic E-state index is 12.3. The lowest BCUT2D eigenvalue weighted by molar-refractivity contribution is 0.0667. The summed E-state index contributed by atoms with van der Waals surface area (Å²) in [6, 6.07) is 5.46. The minimum atomic E-state index is -0.253. The summed E-state index contributed by atoms with van der Waals surface area (Å²) < 4.78 is 0.791. The summed E-state index contributed by atoms with van der Waals surface area (Å²) in [6.45, 7) is 8.84. The smallest absolute Gasteiger partial charge is 0.261 e. The van der Waals surface area contributed by atoms with Gasteiger partial charge in [0.05, 0.1) is 17.7 Å². The van der Waals surface area contributed by atoms with E-state index in [2.05, 4.69) is 27.8 Å². The molecule has 1 heterocycles. The third-order valence-corrected chi connectivity index (χ3v) is 3.57. The monoisotopic (exact) mass is 336 g/mol. The molecule has 0 bridgehead atoms. The van der Waals surface area contributed by atoms with Crippen molar-refractivity contribution in [1.82, 2.24) is 10.2 Å². The van der Waals surface area contributed by atoms with E-state index in [0.29, 0.717) is 23.7 Å². The van der Waals surface area contributed by atoms with E-state index in [-0.39, 0.29) is 18.4 Å². The van der Waals surface area contributed by atoms with Crippen LogP contribution >= 0.6 is 15.9 Å². The van der Waals surface area contributed by atoms with Gasteiger partial charge in [-0.25, -0.2) is 0 Å². The predicted molar refractivity (Wildman–Crippen MR) is 81.8 cm³/mol. The zero-order chi connectivity index (χ0) is 14.9. The normalized spacial score (nSPS) is 14.1. The largest absolute Gasteiger partial charge is 0.311 e. The van der Waals surface area contributed by atoms with E-state index >= 15 is 0 Å². The fourth-order valence-corrected chi connectivity index (χ4v) is 2.40. The molecule has 0 atom stereocenters. The number of halogens is 1. The molecule has 1 aliphatic rings. The van der Waals surface area contributed by atoms with Crippen LogP contribution in [0.3, 0.4) is 0 Å². The average molecular weight is 337 g/mol. The van der Waals surface area contributed by atoms with Gasteiger partial charge < -0.3 is 5.32 Å². The summed E-state index contributed by atoms with van der Waals surface area (Å²) >= 11 is 3.31. The molecule has 1 aliphatic heterocycles. The van der Waals surface area contributed by atoms with E-state index in [1.54, 1.807) is 18.2 Å². The molecule has 2 amide bonds. The summed E-state index contributed by atoms with van der Waals surface area (Å²) in [5, 5.41) is 3.22. The number of nitrogens with zero attached hydrogens (tertiary/aromatic N) is 1. The second-order valence-corrected chi connectivity index (χ2v) is 6.09.